The van der Waals surface area contributed by atoms with E-state index in [-0.39, 0.29) is 0 Å². The maximum atomic E-state index is 4.25. The fourth-order valence-electron chi connectivity index (χ4n) is 1.21. The Bertz CT molecular complexity index is 238. The minimum atomic E-state index is 0.630. The third-order valence-electron chi connectivity index (χ3n) is 1.80. The van der Waals surface area contributed by atoms with Crippen LogP contribution in [0.3, 0.4) is 0 Å². The number of rotatable bonds is 0. The molecule has 0 aromatic heterocycles. The Labute approximate surface area is 64.9 Å². The lowest BCUT2D eigenvalue weighted by molar-refractivity contribution is 0.925. The molecule has 0 fully saturated rings. The number of fused-ring (bicyclic) bond motifs is 1. The summed E-state index contributed by atoms with van der Waals surface area (Å²) < 4.78 is 0. The molecular weight excluding hydrogens is 142 g/mol. The van der Waals surface area contributed by atoms with Crippen molar-refractivity contribution in [1.82, 2.24) is 0 Å². The smallest absolute Gasteiger partial charge is 0.0607 e. The Balaban J connectivity index is 2.30. The molecule has 52 valence electrons. The molecule has 2 aliphatic rings. The minimum Gasteiger partial charge on any atom is -0.253 e. The van der Waals surface area contributed by atoms with E-state index < -0.39 is 0 Å². The van der Waals surface area contributed by atoms with Gasteiger partial charge in [-0.05, 0) is 19.4 Å². The first-order valence-corrected chi connectivity index (χ1v) is 4.36. The lowest BCUT2D eigenvalue weighted by Gasteiger charge is -2.13. The van der Waals surface area contributed by atoms with Crippen LogP contribution >= 0.6 is 11.8 Å². The second-order valence-electron chi connectivity index (χ2n) is 2.67. The maximum absolute atomic E-state index is 4.25. The van der Waals surface area contributed by atoms with Crippen LogP contribution in [0.1, 0.15) is 13.3 Å². The van der Waals surface area contributed by atoms with Gasteiger partial charge in [-0.25, -0.2) is 0 Å². The number of thioether (sulfide) groups is 1. The lowest BCUT2D eigenvalue weighted by atomic mass is 10.0. The maximum Gasteiger partial charge on any atom is 0.0607 e. The van der Waals surface area contributed by atoms with Crippen molar-refractivity contribution < 1.29 is 0 Å². The van der Waals surface area contributed by atoms with Crippen molar-refractivity contribution in [2.24, 2.45) is 4.99 Å². The Morgan fingerprint density at radius 1 is 1.60 bits per heavy atom. The molecule has 2 rings (SSSR count). The molecule has 0 N–H and O–H groups in total. The zero-order valence-corrected chi connectivity index (χ0v) is 6.69. The third-order valence-corrected chi connectivity index (χ3v) is 2.77. The molecule has 1 aliphatic carbocycles. The Hall–Kier alpha value is -0.500. The van der Waals surface area contributed by atoms with Gasteiger partial charge in [0.2, 0.25) is 0 Å². The van der Waals surface area contributed by atoms with Crippen molar-refractivity contribution in [2.45, 2.75) is 18.6 Å². The van der Waals surface area contributed by atoms with Gasteiger partial charge < -0.3 is 0 Å². The molecule has 1 aliphatic heterocycles. The van der Waals surface area contributed by atoms with Gasteiger partial charge in [-0.2, -0.15) is 0 Å². The summed E-state index contributed by atoms with van der Waals surface area (Å²) in [5.41, 5.74) is 4.66. The fraction of sp³-hybridized carbons (Fsp3) is 0.375. The first-order valence-electron chi connectivity index (χ1n) is 3.41. The molecular formula is C8H9NS. The monoisotopic (exact) mass is 151 g/mol. The average Bonchev–Trinajstić information content (AvgIpc) is 2.33. The Morgan fingerprint density at radius 2 is 2.50 bits per heavy atom. The van der Waals surface area contributed by atoms with E-state index >= 15 is 0 Å². The summed E-state index contributed by atoms with van der Waals surface area (Å²) in [4.78, 5) is 4.25. The molecule has 0 saturated carbocycles. The molecule has 0 amide bonds. The van der Waals surface area contributed by atoms with E-state index in [1.165, 1.54) is 17.7 Å². The zero-order valence-electron chi connectivity index (χ0n) is 5.87. The minimum absolute atomic E-state index is 0.630. The van der Waals surface area contributed by atoms with E-state index in [1.807, 2.05) is 17.3 Å². The van der Waals surface area contributed by atoms with Crippen LogP contribution in [-0.4, -0.2) is 10.8 Å². The van der Waals surface area contributed by atoms with E-state index in [4.69, 9.17) is 0 Å². The Kier molecular flexibility index (Phi) is 1.42. The van der Waals surface area contributed by atoms with Crippen molar-refractivity contribution in [1.29, 1.82) is 0 Å². The summed E-state index contributed by atoms with van der Waals surface area (Å²) in [5, 5.41) is 0.630. The van der Waals surface area contributed by atoms with Crippen molar-refractivity contribution in [3.05, 3.63) is 23.4 Å². The fourth-order valence-corrected chi connectivity index (χ4v) is 2.18. The average molecular weight is 151 g/mol. The first kappa shape index (κ1) is 6.23. The van der Waals surface area contributed by atoms with Crippen LogP contribution in [0.5, 0.6) is 0 Å². The molecule has 0 bridgehead atoms. The van der Waals surface area contributed by atoms with E-state index in [0.717, 1.165) is 0 Å². The molecule has 0 spiro atoms. The highest BCUT2D eigenvalue weighted by atomic mass is 32.2. The highest BCUT2D eigenvalue weighted by molar-refractivity contribution is 8.13. The van der Waals surface area contributed by atoms with Gasteiger partial charge in [0.25, 0.3) is 0 Å². The van der Waals surface area contributed by atoms with Gasteiger partial charge in [-0.1, -0.05) is 11.6 Å². The quantitative estimate of drug-likeness (QED) is 0.517. The van der Waals surface area contributed by atoms with Gasteiger partial charge in [0.05, 0.1) is 16.5 Å². The van der Waals surface area contributed by atoms with Gasteiger partial charge in [0.1, 0.15) is 0 Å². The molecule has 0 aromatic rings. The van der Waals surface area contributed by atoms with Crippen molar-refractivity contribution in [3.8, 4) is 0 Å². The van der Waals surface area contributed by atoms with Crippen molar-refractivity contribution in [3.63, 3.8) is 0 Å². The third kappa shape index (κ3) is 0.926. The van der Waals surface area contributed by atoms with Crippen LogP contribution in [0.4, 0.5) is 0 Å². The summed E-state index contributed by atoms with van der Waals surface area (Å²) in [6.45, 7) is 2.17. The molecule has 2 heteroatoms. The van der Waals surface area contributed by atoms with Crippen LogP contribution < -0.4 is 0 Å². The molecule has 1 heterocycles. The summed E-state index contributed by atoms with van der Waals surface area (Å²) in [5.74, 6) is 0. The van der Waals surface area contributed by atoms with Crippen LogP contribution in [0.15, 0.2) is 28.4 Å². The second kappa shape index (κ2) is 2.27. The number of allylic oxidation sites excluding steroid dienone is 3. The highest BCUT2D eigenvalue weighted by Gasteiger charge is 2.20. The number of aliphatic imine (C=N–C) groups is 1. The van der Waals surface area contributed by atoms with Gasteiger partial charge in [0, 0.05) is 0 Å². The predicted molar refractivity (Wildman–Crippen MR) is 46.3 cm³/mol. The molecule has 1 atom stereocenters. The van der Waals surface area contributed by atoms with E-state index in [0.29, 0.717) is 5.25 Å². The lowest BCUT2D eigenvalue weighted by Crippen LogP contribution is -2.04. The summed E-state index contributed by atoms with van der Waals surface area (Å²) in [7, 11) is 0. The predicted octanol–water partition coefficient (Wildman–Crippen LogP) is 2.36. The molecule has 0 saturated heterocycles. The SMILES string of the molecule is CC1=CC=C2N=CSC2C1. The van der Waals surface area contributed by atoms with Crippen LogP contribution in [0.25, 0.3) is 0 Å². The van der Waals surface area contributed by atoms with Crippen LogP contribution in [-0.2, 0) is 0 Å². The van der Waals surface area contributed by atoms with Crippen LogP contribution in [0.2, 0.25) is 0 Å². The van der Waals surface area contributed by atoms with Crippen molar-refractivity contribution in [2.75, 3.05) is 0 Å². The standard InChI is InChI=1S/C8H9NS/c1-6-2-3-7-8(4-6)10-5-9-7/h2-3,5,8H,4H2,1H3. The van der Waals surface area contributed by atoms with E-state index in [1.54, 1.807) is 0 Å². The summed E-state index contributed by atoms with van der Waals surface area (Å²) >= 11 is 1.83. The van der Waals surface area contributed by atoms with Gasteiger partial charge in [-0.3, -0.25) is 4.99 Å². The largest absolute Gasteiger partial charge is 0.253 e. The van der Waals surface area contributed by atoms with E-state index in [9.17, 15) is 0 Å². The zero-order chi connectivity index (χ0) is 6.97. The normalized spacial score (nSPS) is 29.5. The van der Waals surface area contributed by atoms with Crippen molar-refractivity contribution >= 4 is 17.3 Å². The molecule has 1 nitrogen and oxygen atoms in total. The molecule has 0 radical (unpaired) electrons. The first-order chi connectivity index (χ1) is 4.86. The second-order valence-corrected chi connectivity index (χ2v) is 3.72. The molecule has 10 heavy (non-hydrogen) atoms. The van der Waals surface area contributed by atoms with Gasteiger partial charge in [-0.15, -0.1) is 11.8 Å². The van der Waals surface area contributed by atoms with Gasteiger partial charge >= 0.3 is 0 Å². The topological polar surface area (TPSA) is 12.4 Å². The number of hydrogen-bond donors (Lipinski definition) is 0. The Morgan fingerprint density at radius 3 is 3.40 bits per heavy atom. The molecule has 0 aromatic carbocycles. The summed E-state index contributed by atoms with van der Waals surface area (Å²) in [6.07, 6.45) is 5.46. The number of nitrogens with zero attached hydrogens (tertiary/aromatic N) is 1. The summed E-state index contributed by atoms with van der Waals surface area (Å²) in [6, 6.07) is 0. The molecule has 1 unspecified atom stereocenters. The van der Waals surface area contributed by atoms with Crippen LogP contribution in [0, 0.1) is 0 Å². The number of hydrogen-bond acceptors (Lipinski definition) is 2. The highest BCUT2D eigenvalue weighted by Crippen LogP contribution is 2.33. The van der Waals surface area contributed by atoms with E-state index in [2.05, 4.69) is 24.1 Å². The van der Waals surface area contributed by atoms with Gasteiger partial charge in [0.15, 0.2) is 0 Å².